The van der Waals surface area contributed by atoms with Gasteiger partial charge in [-0.3, -0.25) is 4.98 Å². The van der Waals surface area contributed by atoms with Crippen LogP contribution >= 0.6 is 0 Å². The molecule has 1 aromatic rings. The molecule has 0 radical (unpaired) electrons. The van der Waals surface area contributed by atoms with E-state index in [0.29, 0.717) is 5.41 Å². The Morgan fingerprint density at radius 1 is 1.29 bits per heavy atom. The van der Waals surface area contributed by atoms with E-state index in [0.717, 1.165) is 17.9 Å². The van der Waals surface area contributed by atoms with E-state index in [4.69, 9.17) is 0 Å². The van der Waals surface area contributed by atoms with Crippen LogP contribution in [0.25, 0.3) is 0 Å². The molecule has 0 saturated carbocycles. The van der Waals surface area contributed by atoms with E-state index < -0.39 is 0 Å². The molecule has 2 heteroatoms. The van der Waals surface area contributed by atoms with Gasteiger partial charge in [0.1, 0.15) is 0 Å². The predicted octanol–water partition coefficient (Wildman–Crippen LogP) is 3.24. The maximum atomic E-state index is 4.23. The molecule has 0 bridgehead atoms. The fourth-order valence-corrected chi connectivity index (χ4v) is 1.15. The molecule has 0 saturated heterocycles. The summed E-state index contributed by atoms with van der Waals surface area (Å²) in [4.78, 5) is 4.23. The minimum atomic E-state index is 0.394. The number of anilines is 1. The van der Waals surface area contributed by atoms with Crippen LogP contribution in [-0.4, -0.2) is 11.5 Å². The summed E-state index contributed by atoms with van der Waals surface area (Å²) in [6.45, 7) is 9.76. The first-order valence-corrected chi connectivity index (χ1v) is 5.14. The van der Waals surface area contributed by atoms with Gasteiger partial charge in [-0.15, -0.1) is 0 Å². The molecule has 1 heterocycles. The summed E-state index contributed by atoms with van der Waals surface area (Å²) < 4.78 is 0. The molecule has 1 rings (SSSR count). The topological polar surface area (TPSA) is 24.9 Å². The van der Waals surface area contributed by atoms with Gasteiger partial charge in [0.2, 0.25) is 0 Å². The van der Waals surface area contributed by atoms with Crippen LogP contribution in [-0.2, 0) is 0 Å². The summed E-state index contributed by atoms with van der Waals surface area (Å²) in [6.07, 6.45) is 3.05. The van der Waals surface area contributed by atoms with Crippen LogP contribution in [0, 0.1) is 12.3 Å². The minimum Gasteiger partial charge on any atom is -0.384 e. The Balaban J connectivity index is 2.35. The number of hydrogen-bond donors (Lipinski definition) is 1. The summed E-state index contributed by atoms with van der Waals surface area (Å²) in [6, 6.07) is 4.10. The van der Waals surface area contributed by atoms with Crippen LogP contribution in [0.5, 0.6) is 0 Å². The zero-order chi connectivity index (χ0) is 10.6. The monoisotopic (exact) mass is 192 g/mol. The van der Waals surface area contributed by atoms with E-state index in [2.05, 4.69) is 37.1 Å². The molecule has 0 unspecified atom stereocenters. The van der Waals surface area contributed by atoms with Crippen molar-refractivity contribution in [1.82, 2.24) is 4.98 Å². The number of pyridine rings is 1. The van der Waals surface area contributed by atoms with Crippen molar-refractivity contribution in [1.29, 1.82) is 0 Å². The van der Waals surface area contributed by atoms with Crippen LogP contribution in [0.1, 0.15) is 32.9 Å². The van der Waals surface area contributed by atoms with Gasteiger partial charge in [-0.25, -0.2) is 0 Å². The molecule has 0 amide bonds. The maximum Gasteiger partial charge on any atom is 0.0526 e. The van der Waals surface area contributed by atoms with Gasteiger partial charge >= 0.3 is 0 Å². The van der Waals surface area contributed by atoms with Gasteiger partial charge in [0.05, 0.1) is 11.9 Å². The van der Waals surface area contributed by atoms with E-state index in [9.17, 15) is 0 Å². The van der Waals surface area contributed by atoms with Crippen LogP contribution < -0.4 is 5.32 Å². The Morgan fingerprint density at radius 3 is 2.50 bits per heavy atom. The number of aryl methyl sites for hydroxylation is 1. The summed E-state index contributed by atoms with van der Waals surface area (Å²) >= 11 is 0. The van der Waals surface area contributed by atoms with Crippen molar-refractivity contribution < 1.29 is 0 Å². The molecular formula is C12H20N2. The average molecular weight is 192 g/mol. The highest BCUT2D eigenvalue weighted by Gasteiger charge is 2.08. The number of nitrogens with one attached hydrogen (secondary N) is 1. The van der Waals surface area contributed by atoms with E-state index in [1.54, 1.807) is 0 Å². The Morgan fingerprint density at radius 2 is 2.00 bits per heavy atom. The summed E-state index contributed by atoms with van der Waals surface area (Å²) in [7, 11) is 0. The quantitative estimate of drug-likeness (QED) is 0.795. The fraction of sp³-hybridized carbons (Fsp3) is 0.583. The van der Waals surface area contributed by atoms with Crippen molar-refractivity contribution in [2.75, 3.05) is 11.9 Å². The van der Waals surface area contributed by atoms with E-state index in [1.807, 2.05) is 19.2 Å². The highest BCUT2D eigenvalue weighted by Crippen LogP contribution is 2.18. The number of rotatable bonds is 3. The summed E-state index contributed by atoms with van der Waals surface area (Å²) in [5.74, 6) is 0. The molecule has 14 heavy (non-hydrogen) atoms. The van der Waals surface area contributed by atoms with E-state index in [1.165, 1.54) is 6.42 Å². The van der Waals surface area contributed by atoms with Gasteiger partial charge in [0.25, 0.3) is 0 Å². The van der Waals surface area contributed by atoms with Crippen LogP contribution in [0.3, 0.4) is 0 Å². The number of hydrogen-bond acceptors (Lipinski definition) is 2. The standard InChI is InChI=1S/C12H20N2/c1-10-5-6-11(9-14-10)13-8-7-12(2,3)4/h5-6,9,13H,7-8H2,1-4H3. The lowest BCUT2D eigenvalue weighted by Crippen LogP contribution is -2.12. The molecule has 0 fully saturated rings. The van der Waals surface area contributed by atoms with Gasteiger partial charge < -0.3 is 5.32 Å². The zero-order valence-corrected chi connectivity index (χ0v) is 9.59. The first-order chi connectivity index (χ1) is 6.47. The molecule has 1 aromatic heterocycles. The molecule has 0 aliphatic heterocycles. The SMILES string of the molecule is Cc1ccc(NCCC(C)(C)C)cn1. The second-order valence-electron chi connectivity index (χ2n) is 4.93. The second kappa shape index (κ2) is 4.45. The first-order valence-electron chi connectivity index (χ1n) is 5.14. The van der Waals surface area contributed by atoms with Gasteiger partial charge in [0.15, 0.2) is 0 Å². The molecule has 0 spiro atoms. The zero-order valence-electron chi connectivity index (χ0n) is 9.59. The normalized spacial score (nSPS) is 11.4. The number of aromatic nitrogens is 1. The van der Waals surface area contributed by atoms with Crippen molar-refractivity contribution in [2.45, 2.75) is 34.1 Å². The van der Waals surface area contributed by atoms with Crippen LogP contribution in [0.15, 0.2) is 18.3 Å². The lowest BCUT2D eigenvalue weighted by atomic mass is 9.92. The van der Waals surface area contributed by atoms with Gasteiger partial charge in [0, 0.05) is 12.2 Å². The van der Waals surface area contributed by atoms with Crippen molar-refractivity contribution >= 4 is 5.69 Å². The first kappa shape index (κ1) is 11.0. The van der Waals surface area contributed by atoms with Gasteiger partial charge in [-0.2, -0.15) is 0 Å². The largest absolute Gasteiger partial charge is 0.384 e. The minimum absolute atomic E-state index is 0.394. The highest BCUT2D eigenvalue weighted by molar-refractivity contribution is 5.40. The average Bonchev–Trinajstić information content (AvgIpc) is 2.06. The van der Waals surface area contributed by atoms with Crippen LogP contribution in [0.2, 0.25) is 0 Å². The van der Waals surface area contributed by atoms with Crippen molar-refractivity contribution in [2.24, 2.45) is 5.41 Å². The van der Waals surface area contributed by atoms with Gasteiger partial charge in [-0.1, -0.05) is 20.8 Å². The second-order valence-corrected chi connectivity index (χ2v) is 4.93. The molecule has 0 aromatic carbocycles. The molecule has 78 valence electrons. The van der Waals surface area contributed by atoms with Crippen LogP contribution in [0.4, 0.5) is 5.69 Å². The smallest absolute Gasteiger partial charge is 0.0526 e. The third-order valence-electron chi connectivity index (χ3n) is 2.12. The summed E-state index contributed by atoms with van der Waals surface area (Å²) in [5, 5.41) is 3.37. The molecule has 2 nitrogen and oxygen atoms in total. The lowest BCUT2D eigenvalue weighted by molar-refractivity contribution is 0.390. The Hall–Kier alpha value is -1.05. The van der Waals surface area contributed by atoms with E-state index >= 15 is 0 Å². The van der Waals surface area contributed by atoms with Crippen molar-refractivity contribution in [3.8, 4) is 0 Å². The highest BCUT2D eigenvalue weighted by atomic mass is 14.9. The summed E-state index contributed by atoms with van der Waals surface area (Å²) in [5.41, 5.74) is 2.57. The lowest BCUT2D eigenvalue weighted by Gasteiger charge is -2.18. The Bertz CT molecular complexity index is 269. The molecular weight excluding hydrogens is 172 g/mol. The van der Waals surface area contributed by atoms with Gasteiger partial charge in [-0.05, 0) is 30.9 Å². The number of nitrogens with zero attached hydrogens (tertiary/aromatic N) is 1. The molecule has 0 aliphatic rings. The molecule has 0 aliphatic carbocycles. The Labute approximate surface area is 86.8 Å². The Kier molecular flexibility index (Phi) is 3.50. The maximum absolute atomic E-state index is 4.23. The third kappa shape index (κ3) is 4.26. The molecule has 1 N–H and O–H groups in total. The van der Waals surface area contributed by atoms with Crippen molar-refractivity contribution in [3.05, 3.63) is 24.0 Å². The predicted molar refractivity (Wildman–Crippen MR) is 61.5 cm³/mol. The third-order valence-corrected chi connectivity index (χ3v) is 2.12. The molecule has 0 atom stereocenters. The fourth-order valence-electron chi connectivity index (χ4n) is 1.15. The van der Waals surface area contributed by atoms with E-state index in [-0.39, 0.29) is 0 Å². The van der Waals surface area contributed by atoms with Crippen molar-refractivity contribution in [3.63, 3.8) is 0 Å².